The van der Waals surface area contributed by atoms with Gasteiger partial charge < -0.3 is 15.5 Å². The lowest BCUT2D eigenvalue weighted by Crippen LogP contribution is -2.16. The molecule has 2 rings (SSSR count). The Kier molecular flexibility index (Phi) is 5.41. The van der Waals surface area contributed by atoms with Crippen molar-refractivity contribution >= 4 is 5.82 Å². The number of rotatable bonds is 5. The maximum Gasteiger partial charge on any atom is 0.268 e. The summed E-state index contributed by atoms with van der Waals surface area (Å²) in [6.45, 7) is 4.48. The molecule has 3 N–H and O–H groups in total. The van der Waals surface area contributed by atoms with Crippen molar-refractivity contribution in [3.8, 4) is 29.0 Å². The number of hydrogen-bond acceptors (Lipinski definition) is 5. The molecule has 0 radical (unpaired) electrons. The summed E-state index contributed by atoms with van der Waals surface area (Å²) in [5.74, 6) is -0.102. The van der Waals surface area contributed by atoms with Gasteiger partial charge in [0.05, 0.1) is 6.61 Å². The molecule has 25 heavy (non-hydrogen) atoms. The monoisotopic (exact) mass is 340 g/mol. The maximum absolute atomic E-state index is 14.0. The molecule has 1 heterocycles. The van der Waals surface area contributed by atoms with E-state index in [-0.39, 0.29) is 33.8 Å². The zero-order valence-corrected chi connectivity index (χ0v) is 13.9. The van der Waals surface area contributed by atoms with E-state index in [0.717, 1.165) is 12.5 Å². The highest BCUT2D eigenvalue weighted by atomic mass is 19.1. The van der Waals surface area contributed by atoms with Gasteiger partial charge in [-0.2, -0.15) is 10.5 Å². The molecule has 0 saturated carbocycles. The third-order valence-electron chi connectivity index (χ3n) is 3.59. The molecular weight excluding hydrogens is 323 g/mol. The molecule has 6 nitrogen and oxygen atoms in total. The Balaban J connectivity index is 2.60. The number of nitrogens with one attached hydrogen (secondary N) is 1. The lowest BCUT2D eigenvalue weighted by Gasteiger charge is -2.12. The van der Waals surface area contributed by atoms with Crippen LogP contribution in [0.15, 0.2) is 23.0 Å². The predicted octanol–water partition coefficient (Wildman–Crippen LogP) is 2.93. The van der Waals surface area contributed by atoms with E-state index in [4.69, 9.17) is 10.5 Å². The zero-order valence-electron chi connectivity index (χ0n) is 13.9. The molecule has 0 aliphatic heterocycles. The van der Waals surface area contributed by atoms with Gasteiger partial charge in [0.1, 0.15) is 40.6 Å². The second kappa shape index (κ2) is 7.50. The van der Waals surface area contributed by atoms with Crippen LogP contribution in [0.25, 0.3) is 11.1 Å². The molecule has 0 aliphatic carbocycles. The second-order valence-electron chi connectivity index (χ2n) is 5.92. The summed E-state index contributed by atoms with van der Waals surface area (Å²) in [6.07, 6.45) is 0.788. The molecule has 7 heteroatoms. The Bertz CT molecular complexity index is 936. The Morgan fingerprint density at radius 2 is 1.92 bits per heavy atom. The number of nitriles is 2. The molecule has 0 spiro atoms. The molecule has 0 fully saturated rings. The third kappa shape index (κ3) is 3.96. The van der Waals surface area contributed by atoms with Crippen molar-refractivity contribution in [1.29, 1.82) is 10.5 Å². The van der Waals surface area contributed by atoms with E-state index in [1.54, 1.807) is 6.07 Å². The lowest BCUT2D eigenvalue weighted by atomic mass is 9.96. The van der Waals surface area contributed by atoms with Crippen LogP contribution in [0.5, 0.6) is 5.75 Å². The first kappa shape index (κ1) is 18.0. The van der Waals surface area contributed by atoms with Crippen molar-refractivity contribution in [3.63, 3.8) is 0 Å². The molecule has 128 valence electrons. The quantitative estimate of drug-likeness (QED) is 0.868. The van der Waals surface area contributed by atoms with Crippen molar-refractivity contribution < 1.29 is 9.13 Å². The topological polar surface area (TPSA) is 116 Å². The summed E-state index contributed by atoms with van der Waals surface area (Å²) >= 11 is 0. The van der Waals surface area contributed by atoms with E-state index in [1.807, 2.05) is 19.9 Å². The van der Waals surface area contributed by atoms with Crippen LogP contribution in [0.4, 0.5) is 10.2 Å². The van der Waals surface area contributed by atoms with Gasteiger partial charge in [-0.05, 0) is 30.0 Å². The number of halogens is 1. The molecular formula is C18H17FN4O2. The van der Waals surface area contributed by atoms with Crippen LogP contribution in [-0.2, 0) is 0 Å². The minimum Gasteiger partial charge on any atom is -0.493 e. The van der Waals surface area contributed by atoms with E-state index < -0.39 is 11.4 Å². The molecule has 0 saturated heterocycles. The lowest BCUT2D eigenvalue weighted by molar-refractivity contribution is 0.288. The van der Waals surface area contributed by atoms with Gasteiger partial charge in [0.25, 0.3) is 5.56 Å². The number of aromatic amines is 1. The van der Waals surface area contributed by atoms with E-state index in [2.05, 4.69) is 4.98 Å². The average molecular weight is 340 g/mol. The van der Waals surface area contributed by atoms with Crippen molar-refractivity contribution in [2.45, 2.75) is 20.3 Å². The normalized spacial score (nSPS) is 10.3. The molecule has 0 bridgehead atoms. The van der Waals surface area contributed by atoms with Crippen molar-refractivity contribution in [1.82, 2.24) is 4.98 Å². The third-order valence-corrected chi connectivity index (χ3v) is 3.59. The number of anilines is 1. The molecule has 0 amide bonds. The zero-order chi connectivity index (χ0) is 18.6. The standard InChI is InChI=1S/C18H17FN4O2/c1-10(2)3-4-25-13-6-11(5-12(19)7-13)16-14(8-20)17(22)23-18(24)15(16)9-21/h5-7,10H,3-4H2,1-2H3,(H3,22,23,24). The van der Waals surface area contributed by atoms with Gasteiger partial charge in [0.15, 0.2) is 0 Å². The smallest absolute Gasteiger partial charge is 0.268 e. The molecule has 0 atom stereocenters. The van der Waals surface area contributed by atoms with Gasteiger partial charge in [0.2, 0.25) is 0 Å². The molecule has 0 aliphatic rings. The van der Waals surface area contributed by atoms with Crippen LogP contribution < -0.4 is 16.0 Å². The van der Waals surface area contributed by atoms with Gasteiger partial charge >= 0.3 is 0 Å². The van der Waals surface area contributed by atoms with Gasteiger partial charge in [-0.1, -0.05) is 13.8 Å². The largest absolute Gasteiger partial charge is 0.493 e. The van der Waals surface area contributed by atoms with Crippen molar-refractivity contribution in [2.24, 2.45) is 5.92 Å². The number of benzene rings is 1. The van der Waals surface area contributed by atoms with Crippen LogP contribution >= 0.6 is 0 Å². The summed E-state index contributed by atoms with van der Waals surface area (Å²) in [4.78, 5) is 14.2. The number of H-pyrrole nitrogens is 1. The fraction of sp³-hybridized carbons (Fsp3) is 0.278. The summed E-state index contributed by atoms with van der Waals surface area (Å²) < 4.78 is 19.6. The summed E-state index contributed by atoms with van der Waals surface area (Å²) in [5.41, 5.74) is 4.73. The van der Waals surface area contributed by atoms with Crippen molar-refractivity contribution in [2.75, 3.05) is 12.3 Å². The first-order valence-electron chi connectivity index (χ1n) is 7.67. The van der Waals surface area contributed by atoms with Crippen LogP contribution in [-0.4, -0.2) is 11.6 Å². The van der Waals surface area contributed by atoms with E-state index in [0.29, 0.717) is 12.5 Å². The number of nitrogen functional groups attached to an aromatic ring is 1. The molecule has 2 aromatic rings. The van der Waals surface area contributed by atoms with Crippen LogP contribution in [0, 0.1) is 34.4 Å². The van der Waals surface area contributed by atoms with Gasteiger partial charge in [-0.3, -0.25) is 4.79 Å². The number of aromatic nitrogens is 1. The predicted molar refractivity (Wildman–Crippen MR) is 91.2 cm³/mol. The Morgan fingerprint density at radius 3 is 2.52 bits per heavy atom. The summed E-state index contributed by atoms with van der Waals surface area (Å²) in [6, 6.07) is 7.42. The number of nitrogens with zero attached hydrogens (tertiary/aromatic N) is 2. The van der Waals surface area contributed by atoms with Gasteiger partial charge in [0, 0.05) is 11.6 Å². The van der Waals surface area contributed by atoms with E-state index in [9.17, 15) is 19.7 Å². The number of nitrogens with two attached hydrogens (primary N) is 1. The molecule has 1 aromatic carbocycles. The van der Waals surface area contributed by atoms with Crippen LogP contribution in [0.1, 0.15) is 31.4 Å². The van der Waals surface area contributed by atoms with E-state index in [1.165, 1.54) is 12.1 Å². The second-order valence-corrected chi connectivity index (χ2v) is 5.92. The highest BCUT2D eigenvalue weighted by Crippen LogP contribution is 2.31. The maximum atomic E-state index is 14.0. The van der Waals surface area contributed by atoms with Gasteiger partial charge in [-0.15, -0.1) is 0 Å². The number of hydrogen-bond donors (Lipinski definition) is 2. The Labute approximate surface area is 144 Å². The SMILES string of the molecule is CC(C)CCOc1cc(F)cc(-c2c(C#N)c(N)[nH]c(=O)c2C#N)c1. The fourth-order valence-corrected chi connectivity index (χ4v) is 2.33. The van der Waals surface area contributed by atoms with E-state index >= 15 is 0 Å². The summed E-state index contributed by atoms with van der Waals surface area (Å²) in [5, 5.41) is 18.6. The average Bonchev–Trinajstić information content (AvgIpc) is 2.53. The summed E-state index contributed by atoms with van der Waals surface area (Å²) in [7, 11) is 0. The highest BCUT2D eigenvalue weighted by molar-refractivity contribution is 5.80. The first-order valence-corrected chi connectivity index (χ1v) is 7.67. The first-order chi connectivity index (χ1) is 11.9. The molecule has 1 aromatic heterocycles. The highest BCUT2D eigenvalue weighted by Gasteiger charge is 2.19. The van der Waals surface area contributed by atoms with Gasteiger partial charge in [-0.25, -0.2) is 4.39 Å². The number of ether oxygens (including phenoxy) is 1. The van der Waals surface area contributed by atoms with Crippen LogP contribution in [0.3, 0.4) is 0 Å². The number of pyridine rings is 1. The minimum absolute atomic E-state index is 0.000500. The Morgan fingerprint density at radius 1 is 1.24 bits per heavy atom. The van der Waals surface area contributed by atoms with Crippen LogP contribution in [0.2, 0.25) is 0 Å². The fourth-order valence-electron chi connectivity index (χ4n) is 2.33. The van der Waals surface area contributed by atoms with Crippen molar-refractivity contribution in [3.05, 3.63) is 45.5 Å². The minimum atomic E-state index is -0.736. The molecule has 0 unspecified atom stereocenters. The Hall–Kier alpha value is -3.32.